The zero-order chi connectivity index (χ0) is 26.1. The van der Waals surface area contributed by atoms with Crippen molar-refractivity contribution in [2.45, 2.75) is 90.9 Å². The predicted molar refractivity (Wildman–Crippen MR) is 122 cm³/mol. The Balaban J connectivity index is 2.00. The van der Waals surface area contributed by atoms with Gasteiger partial charge in [-0.05, 0) is 32.1 Å². The lowest BCUT2D eigenvalue weighted by Gasteiger charge is -2.31. The number of esters is 1. The monoisotopic (exact) mass is 499 g/mol. The molecule has 6 atom stereocenters. The maximum atomic E-state index is 13.4. The van der Waals surface area contributed by atoms with Gasteiger partial charge in [-0.15, -0.1) is 0 Å². The van der Waals surface area contributed by atoms with Crippen molar-refractivity contribution in [1.82, 2.24) is 15.5 Å². The minimum atomic E-state index is -1.19. The molecule has 198 valence electrons. The van der Waals surface area contributed by atoms with Gasteiger partial charge in [-0.25, -0.2) is 9.59 Å². The van der Waals surface area contributed by atoms with Crippen LogP contribution in [-0.2, 0) is 38.1 Å². The number of ether oxygens (including phenoxy) is 4. The standard InChI is InChI=1S/C23H37N3O9/c1-6-11-24-19(27)17-18(35-17)20(28)25-16(13(4)7-2)21(29)26-12-9-10-15(26)22(30)33-14(5)34-23(31)32-8-3/h13-18H,6-12H2,1-5H3,(H,24,27)(H,25,28)/t13-,14?,15-,16-,17-,18?/m0/s1. The maximum absolute atomic E-state index is 13.4. The van der Waals surface area contributed by atoms with Gasteiger partial charge in [0.05, 0.1) is 6.61 Å². The molecule has 2 aliphatic heterocycles. The lowest BCUT2D eigenvalue weighted by Crippen LogP contribution is -2.55. The Morgan fingerprint density at radius 1 is 1.03 bits per heavy atom. The van der Waals surface area contributed by atoms with Crippen molar-refractivity contribution in [1.29, 1.82) is 0 Å². The molecule has 2 fully saturated rings. The molecule has 2 unspecified atom stereocenters. The first-order chi connectivity index (χ1) is 16.6. The molecule has 2 aliphatic rings. The van der Waals surface area contributed by atoms with E-state index in [1.165, 1.54) is 11.8 Å². The van der Waals surface area contributed by atoms with E-state index in [2.05, 4.69) is 15.4 Å². The number of nitrogens with zero attached hydrogens (tertiary/aromatic N) is 1. The second-order valence-corrected chi connectivity index (χ2v) is 8.64. The second kappa shape index (κ2) is 13.3. The number of hydrogen-bond acceptors (Lipinski definition) is 9. The molecule has 12 heteroatoms. The van der Waals surface area contributed by atoms with Gasteiger partial charge in [0.2, 0.25) is 12.2 Å². The molecule has 0 saturated carbocycles. The van der Waals surface area contributed by atoms with Crippen LogP contribution in [0, 0.1) is 5.92 Å². The highest BCUT2D eigenvalue weighted by Crippen LogP contribution is 2.25. The Morgan fingerprint density at radius 3 is 2.34 bits per heavy atom. The molecule has 0 aliphatic carbocycles. The number of carbonyl (C=O) groups excluding carboxylic acids is 5. The van der Waals surface area contributed by atoms with Gasteiger partial charge >= 0.3 is 12.1 Å². The predicted octanol–water partition coefficient (Wildman–Crippen LogP) is 0.864. The largest absolute Gasteiger partial charge is 0.511 e. The number of nitrogens with one attached hydrogen (secondary N) is 2. The highest BCUT2D eigenvalue weighted by Gasteiger charge is 2.51. The summed E-state index contributed by atoms with van der Waals surface area (Å²) in [6.07, 6.45) is -1.67. The minimum absolute atomic E-state index is 0.114. The summed E-state index contributed by atoms with van der Waals surface area (Å²) in [5.41, 5.74) is 0. The fraction of sp³-hybridized carbons (Fsp3) is 0.783. The summed E-state index contributed by atoms with van der Waals surface area (Å²) in [5.74, 6) is -2.27. The third kappa shape index (κ3) is 7.81. The molecule has 2 N–H and O–H groups in total. The third-order valence-corrected chi connectivity index (χ3v) is 5.95. The van der Waals surface area contributed by atoms with E-state index < -0.39 is 54.5 Å². The Kier molecular flexibility index (Phi) is 10.7. The second-order valence-electron chi connectivity index (χ2n) is 8.64. The summed E-state index contributed by atoms with van der Waals surface area (Å²) < 4.78 is 19.9. The van der Waals surface area contributed by atoms with E-state index in [4.69, 9.17) is 14.2 Å². The van der Waals surface area contributed by atoms with Crippen LogP contribution in [0.3, 0.4) is 0 Å². The molecule has 12 nitrogen and oxygen atoms in total. The van der Waals surface area contributed by atoms with Crippen LogP contribution >= 0.6 is 0 Å². The quantitative estimate of drug-likeness (QED) is 0.226. The van der Waals surface area contributed by atoms with Crippen molar-refractivity contribution < 1.29 is 42.9 Å². The van der Waals surface area contributed by atoms with Crippen LogP contribution in [0.4, 0.5) is 4.79 Å². The Bertz CT molecular complexity index is 790. The molecule has 2 rings (SSSR count). The van der Waals surface area contributed by atoms with Gasteiger partial charge in [0.15, 0.2) is 12.2 Å². The summed E-state index contributed by atoms with van der Waals surface area (Å²) in [7, 11) is 0. The van der Waals surface area contributed by atoms with E-state index in [1.54, 1.807) is 6.92 Å². The Labute approximate surface area is 205 Å². The number of rotatable bonds is 12. The minimum Gasteiger partial charge on any atom is -0.435 e. The van der Waals surface area contributed by atoms with Crippen molar-refractivity contribution in [3.8, 4) is 0 Å². The molecule has 2 heterocycles. The van der Waals surface area contributed by atoms with E-state index in [0.29, 0.717) is 32.4 Å². The summed E-state index contributed by atoms with van der Waals surface area (Å²) in [4.78, 5) is 63.7. The molecule has 35 heavy (non-hydrogen) atoms. The van der Waals surface area contributed by atoms with Crippen LogP contribution in [0.1, 0.15) is 60.3 Å². The number of carbonyl (C=O) groups is 5. The van der Waals surface area contributed by atoms with Gasteiger partial charge in [0.1, 0.15) is 12.1 Å². The van der Waals surface area contributed by atoms with Crippen LogP contribution in [-0.4, -0.2) is 85.0 Å². The maximum Gasteiger partial charge on any atom is 0.511 e. The van der Waals surface area contributed by atoms with Crippen LogP contribution in [0.15, 0.2) is 0 Å². The van der Waals surface area contributed by atoms with Crippen molar-refractivity contribution in [2.75, 3.05) is 19.7 Å². The summed E-state index contributed by atoms with van der Waals surface area (Å²) in [6.45, 7) is 9.52. The highest BCUT2D eigenvalue weighted by atomic mass is 16.8. The number of epoxide rings is 1. The van der Waals surface area contributed by atoms with Crippen LogP contribution in [0.2, 0.25) is 0 Å². The zero-order valence-electron chi connectivity index (χ0n) is 21.0. The van der Waals surface area contributed by atoms with Crippen molar-refractivity contribution in [3.63, 3.8) is 0 Å². The molecule has 0 aromatic carbocycles. The molecule has 0 radical (unpaired) electrons. The highest BCUT2D eigenvalue weighted by molar-refractivity contribution is 5.97. The molecule has 0 aromatic rings. The Hall–Kier alpha value is -2.89. The fourth-order valence-electron chi connectivity index (χ4n) is 3.79. The number of amides is 3. The fourth-order valence-corrected chi connectivity index (χ4v) is 3.79. The normalized spacial score (nSPS) is 23.5. The van der Waals surface area contributed by atoms with Gasteiger partial charge in [0, 0.05) is 20.0 Å². The summed E-state index contributed by atoms with van der Waals surface area (Å²) >= 11 is 0. The van der Waals surface area contributed by atoms with E-state index in [0.717, 1.165) is 6.42 Å². The SMILES string of the molecule is CCCNC(=O)[C@H]1OC1C(=O)N[C@H](C(=O)N1CCC[C@H]1C(=O)OC(C)OC(=O)OCC)[C@@H](C)CC. The van der Waals surface area contributed by atoms with Crippen molar-refractivity contribution >= 4 is 29.8 Å². The lowest BCUT2D eigenvalue weighted by atomic mass is 9.97. The van der Waals surface area contributed by atoms with E-state index in [1.807, 2.05) is 20.8 Å². The van der Waals surface area contributed by atoms with Gasteiger partial charge in [-0.2, -0.15) is 0 Å². The van der Waals surface area contributed by atoms with Crippen LogP contribution in [0.25, 0.3) is 0 Å². The molecular formula is C23H37N3O9. The molecule has 0 spiro atoms. The molecular weight excluding hydrogens is 462 g/mol. The van der Waals surface area contributed by atoms with E-state index in [-0.39, 0.29) is 18.4 Å². The average Bonchev–Trinajstić information content (AvgIpc) is 3.47. The summed E-state index contributed by atoms with van der Waals surface area (Å²) in [5, 5.41) is 5.39. The van der Waals surface area contributed by atoms with Crippen molar-refractivity contribution in [2.24, 2.45) is 5.92 Å². The lowest BCUT2D eigenvalue weighted by molar-refractivity contribution is -0.175. The number of likely N-dealkylation sites (tertiary alicyclic amines) is 1. The first kappa shape index (κ1) is 28.3. The molecule has 3 amide bonds. The first-order valence-corrected chi connectivity index (χ1v) is 12.2. The first-order valence-electron chi connectivity index (χ1n) is 12.2. The van der Waals surface area contributed by atoms with Gasteiger partial charge in [0.25, 0.3) is 11.8 Å². The van der Waals surface area contributed by atoms with Crippen LogP contribution in [0.5, 0.6) is 0 Å². The van der Waals surface area contributed by atoms with Crippen molar-refractivity contribution in [3.05, 3.63) is 0 Å². The van der Waals surface area contributed by atoms with Gasteiger partial charge < -0.3 is 34.5 Å². The molecule has 0 aromatic heterocycles. The topological polar surface area (TPSA) is 153 Å². The summed E-state index contributed by atoms with van der Waals surface area (Å²) in [6, 6.07) is -1.78. The van der Waals surface area contributed by atoms with Crippen LogP contribution < -0.4 is 10.6 Å². The average molecular weight is 500 g/mol. The van der Waals surface area contributed by atoms with E-state index in [9.17, 15) is 24.0 Å². The van der Waals surface area contributed by atoms with Gasteiger partial charge in [-0.1, -0.05) is 27.2 Å². The molecule has 2 saturated heterocycles. The smallest absolute Gasteiger partial charge is 0.435 e. The van der Waals surface area contributed by atoms with E-state index >= 15 is 0 Å². The number of hydrogen-bond donors (Lipinski definition) is 2. The zero-order valence-corrected chi connectivity index (χ0v) is 21.0. The molecule has 0 bridgehead atoms. The van der Waals surface area contributed by atoms with Gasteiger partial charge in [-0.3, -0.25) is 14.4 Å². The third-order valence-electron chi connectivity index (χ3n) is 5.95. The Morgan fingerprint density at radius 2 is 1.71 bits per heavy atom.